The lowest BCUT2D eigenvalue weighted by Crippen LogP contribution is -2.24. The second-order valence-corrected chi connectivity index (χ2v) is 8.90. The van der Waals surface area contributed by atoms with Crippen molar-refractivity contribution in [3.8, 4) is 0 Å². The molecule has 3 nitrogen and oxygen atoms in total. The predicted octanol–water partition coefficient (Wildman–Crippen LogP) is 3.52. The van der Waals surface area contributed by atoms with Gasteiger partial charge in [0.1, 0.15) is 0 Å². The zero-order valence-corrected chi connectivity index (χ0v) is 14.4. The summed E-state index contributed by atoms with van der Waals surface area (Å²) < 4.78 is 30.7. The molecule has 0 aliphatic carbocycles. The Kier molecular flexibility index (Phi) is 5.41. The average molecular weight is 348 g/mol. The van der Waals surface area contributed by atoms with E-state index in [1.165, 1.54) is 4.90 Å². The second kappa shape index (κ2) is 7.51. The summed E-state index contributed by atoms with van der Waals surface area (Å²) in [6, 6.07) is 18.9. The van der Waals surface area contributed by atoms with Crippen LogP contribution in [0.5, 0.6) is 0 Å². The van der Waals surface area contributed by atoms with E-state index >= 15 is 0 Å². The summed E-state index contributed by atoms with van der Waals surface area (Å²) in [5.74, 6) is 1.39. The van der Waals surface area contributed by atoms with Crippen LogP contribution in [0.4, 0.5) is 0 Å². The number of rotatable bonds is 6. The van der Waals surface area contributed by atoms with E-state index in [1.807, 2.05) is 24.3 Å². The van der Waals surface area contributed by atoms with Crippen molar-refractivity contribution in [2.45, 2.75) is 9.79 Å². The number of ether oxygens (including phenoxy) is 1. The molecular formula is C18H20O3S2. The summed E-state index contributed by atoms with van der Waals surface area (Å²) in [4.78, 5) is 1.62. The van der Waals surface area contributed by atoms with Gasteiger partial charge < -0.3 is 4.74 Å². The van der Waals surface area contributed by atoms with Gasteiger partial charge in [-0.25, -0.2) is 8.42 Å². The van der Waals surface area contributed by atoms with E-state index in [-0.39, 0.29) is 17.6 Å². The van der Waals surface area contributed by atoms with Crippen molar-refractivity contribution in [3.63, 3.8) is 0 Å². The Bertz CT molecular complexity index is 714. The van der Waals surface area contributed by atoms with Crippen LogP contribution in [0.2, 0.25) is 0 Å². The highest BCUT2D eigenvalue weighted by molar-refractivity contribution is 7.99. The first kappa shape index (κ1) is 16.6. The topological polar surface area (TPSA) is 43.4 Å². The molecule has 2 aromatic rings. The fourth-order valence-electron chi connectivity index (χ4n) is 2.74. The monoisotopic (exact) mass is 348 g/mol. The molecule has 2 aromatic carbocycles. The lowest BCUT2D eigenvalue weighted by atomic mass is 10.0. The molecule has 2 atom stereocenters. The molecule has 0 aromatic heterocycles. The molecule has 1 aliphatic rings. The Hall–Kier alpha value is -1.30. The Morgan fingerprint density at radius 3 is 2.22 bits per heavy atom. The third-order valence-electron chi connectivity index (χ3n) is 4.07. The summed E-state index contributed by atoms with van der Waals surface area (Å²) in [5, 5.41) is 0. The fraction of sp³-hybridized carbons (Fsp3) is 0.333. The molecule has 0 spiro atoms. The van der Waals surface area contributed by atoms with Gasteiger partial charge in [0.25, 0.3) is 0 Å². The molecular weight excluding hydrogens is 328 g/mol. The molecule has 0 N–H and O–H groups in total. The summed E-state index contributed by atoms with van der Waals surface area (Å²) in [5.41, 5.74) is 0. The van der Waals surface area contributed by atoms with E-state index in [4.69, 9.17) is 4.74 Å². The lowest BCUT2D eigenvalue weighted by molar-refractivity contribution is 0.183. The Morgan fingerprint density at radius 2 is 1.52 bits per heavy atom. The van der Waals surface area contributed by atoms with E-state index in [2.05, 4.69) is 12.1 Å². The van der Waals surface area contributed by atoms with Crippen molar-refractivity contribution >= 4 is 21.6 Å². The van der Waals surface area contributed by atoms with Crippen molar-refractivity contribution in [2.75, 3.05) is 24.7 Å². The van der Waals surface area contributed by atoms with Gasteiger partial charge in [-0.05, 0) is 30.2 Å². The molecule has 0 saturated carbocycles. The number of hydrogen-bond donors (Lipinski definition) is 0. The molecule has 5 heteroatoms. The molecule has 0 amide bonds. The van der Waals surface area contributed by atoms with Crippen molar-refractivity contribution in [3.05, 3.63) is 60.7 Å². The molecule has 1 fully saturated rings. The van der Waals surface area contributed by atoms with Crippen LogP contribution in [-0.2, 0) is 14.6 Å². The highest BCUT2D eigenvalue weighted by Gasteiger charge is 2.32. The van der Waals surface area contributed by atoms with Crippen LogP contribution in [0, 0.1) is 11.8 Å². The Morgan fingerprint density at radius 1 is 0.913 bits per heavy atom. The van der Waals surface area contributed by atoms with Gasteiger partial charge in [-0.2, -0.15) is 0 Å². The van der Waals surface area contributed by atoms with E-state index in [1.54, 1.807) is 36.0 Å². The van der Waals surface area contributed by atoms with Crippen molar-refractivity contribution in [2.24, 2.45) is 11.8 Å². The summed E-state index contributed by atoms with van der Waals surface area (Å²) in [6.07, 6.45) is 0. The van der Waals surface area contributed by atoms with Crippen LogP contribution in [0.25, 0.3) is 0 Å². The summed E-state index contributed by atoms with van der Waals surface area (Å²) >= 11 is 1.77. The molecule has 1 saturated heterocycles. The largest absolute Gasteiger partial charge is 0.381 e. The first-order valence-corrected chi connectivity index (χ1v) is 10.3. The van der Waals surface area contributed by atoms with Crippen LogP contribution in [0.3, 0.4) is 0 Å². The maximum absolute atomic E-state index is 12.5. The van der Waals surface area contributed by atoms with Gasteiger partial charge in [-0.1, -0.05) is 36.4 Å². The highest BCUT2D eigenvalue weighted by Crippen LogP contribution is 2.30. The fourth-order valence-corrected chi connectivity index (χ4v) is 5.56. The van der Waals surface area contributed by atoms with Crippen LogP contribution in [0.15, 0.2) is 70.5 Å². The Balaban J connectivity index is 1.63. The van der Waals surface area contributed by atoms with Crippen molar-refractivity contribution in [1.29, 1.82) is 0 Å². The molecule has 3 rings (SSSR count). The van der Waals surface area contributed by atoms with Gasteiger partial charge in [0.15, 0.2) is 9.84 Å². The van der Waals surface area contributed by atoms with Crippen LogP contribution < -0.4 is 0 Å². The van der Waals surface area contributed by atoms with Gasteiger partial charge in [0, 0.05) is 16.6 Å². The van der Waals surface area contributed by atoms with Gasteiger partial charge in [-0.15, -0.1) is 11.8 Å². The minimum atomic E-state index is -3.25. The number of sulfone groups is 1. The quantitative estimate of drug-likeness (QED) is 0.749. The maximum Gasteiger partial charge on any atom is 0.178 e. The van der Waals surface area contributed by atoms with Crippen molar-refractivity contribution < 1.29 is 13.2 Å². The minimum Gasteiger partial charge on any atom is -0.381 e. The zero-order valence-electron chi connectivity index (χ0n) is 12.8. The highest BCUT2D eigenvalue weighted by atomic mass is 32.2. The smallest absolute Gasteiger partial charge is 0.178 e. The van der Waals surface area contributed by atoms with E-state index < -0.39 is 9.84 Å². The first-order chi connectivity index (χ1) is 11.1. The molecule has 23 heavy (non-hydrogen) atoms. The van der Waals surface area contributed by atoms with Crippen molar-refractivity contribution in [1.82, 2.24) is 0 Å². The third-order valence-corrected chi connectivity index (χ3v) is 7.13. The van der Waals surface area contributed by atoms with Crippen LogP contribution >= 0.6 is 11.8 Å². The molecule has 0 bridgehead atoms. The molecule has 0 unspecified atom stereocenters. The SMILES string of the molecule is O=S(=O)(C[C@H]1COC[C@H]1CSc1ccccc1)c1ccccc1. The van der Waals surface area contributed by atoms with Crippen LogP contribution in [0.1, 0.15) is 0 Å². The van der Waals surface area contributed by atoms with Gasteiger partial charge in [0.2, 0.25) is 0 Å². The summed E-state index contributed by atoms with van der Waals surface area (Å²) in [6.45, 7) is 1.18. The van der Waals surface area contributed by atoms with Crippen LogP contribution in [-0.4, -0.2) is 33.1 Å². The van der Waals surface area contributed by atoms with E-state index in [0.717, 1.165) is 5.75 Å². The standard InChI is InChI=1S/C18H20O3S2/c19-23(20,18-9-5-2-6-10-18)14-16-12-21-11-15(16)13-22-17-7-3-1-4-8-17/h1-10,15-16H,11-14H2/t15-,16+/m0/s1. The third kappa shape index (κ3) is 4.37. The average Bonchev–Trinajstić information content (AvgIpc) is 3.01. The van der Waals surface area contributed by atoms with Gasteiger partial charge >= 0.3 is 0 Å². The minimum absolute atomic E-state index is 0.0661. The van der Waals surface area contributed by atoms with E-state index in [9.17, 15) is 8.42 Å². The van der Waals surface area contributed by atoms with Gasteiger partial charge in [0.05, 0.1) is 23.9 Å². The maximum atomic E-state index is 12.5. The number of benzene rings is 2. The van der Waals surface area contributed by atoms with Gasteiger partial charge in [-0.3, -0.25) is 0 Å². The zero-order chi connectivity index (χ0) is 16.1. The first-order valence-electron chi connectivity index (χ1n) is 7.68. The normalized spacial score (nSPS) is 21.4. The molecule has 1 heterocycles. The number of hydrogen-bond acceptors (Lipinski definition) is 4. The number of thioether (sulfide) groups is 1. The predicted molar refractivity (Wildman–Crippen MR) is 93.5 cm³/mol. The summed E-state index contributed by atoms with van der Waals surface area (Å²) in [7, 11) is -3.25. The molecule has 0 radical (unpaired) electrons. The molecule has 122 valence electrons. The Labute approximate surface area is 142 Å². The van der Waals surface area contributed by atoms with E-state index in [0.29, 0.717) is 18.1 Å². The lowest BCUT2D eigenvalue weighted by Gasteiger charge is -2.17. The molecule has 1 aliphatic heterocycles. The second-order valence-electron chi connectivity index (χ2n) is 5.78.